The zero-order valence-corrected chi connectivity index (χ0v) is 10.2. The van der Waals surface area contributed by atoms with E-state index in [-0.39, 0.29) is 0 Å². The van der Waals surface area contributed by atoms with Crippen molar-refractivity contribution >= 4 is 5.69 Å². The molecule has 0 aliphatic heterocycles. The summed E-state index contributed by atoms with van der Waals surface area (Å²) in [5.41, 5.74) is 8.94. The Kier molecular flexibility index (Phi) is 2.68. The maximum atomic E-state index is 5.78. The molecule has 1 aromatic carbocycles. The minimum absolute atomic E-state index is 0.437. The maximum Gasteiger partial charge on any atom is 0.258 e. The van der Waals surface area contributed by atoms with Gasteiger partial charge in [0.15, 0.2) is 0 Å². The van der Waals surface area contributed by atoms with Gasteiger partial charge in [-0.25, -0.2) is 9.97 Å². The molecule has 19 heavy (non-hydrogen) atoms. The van der Waals surface area contributed by atoms with Crippen molar-refractivity contribution in [3.05, 3.63) is 42.4 Å². The lowest BCUT2D eigenvalue weighted by Crippen LogP contribution is -1.90. The van der Waals surface area contributed by atoms with E-state index in [1.165, 1.54) is 6.33 Å². The molecule has 6 heteroatoms. The van der Waals surface area contributed by atoms with Crippen LogP contribution in [0.3, 0.4) is 0 Å². The lowest BCUT2D eigenvalue weighted by molar-refractivity contribution is 0.432. The van der Waals surface area contributed by atoms with Crippen LogP contribution >= 0.6 is 0 Å². The second kappa shape index (κ2) is 4.49. The maximum absolute atomic E-state index is 5.78. The number of nitrogens with two attached hydrogens (primary N) is 1. The van der Waals surface area contributed by atoms with Crippen LogP contribution in [0.1, 0.15) is 5.56 Å². The molecule has 94 valence electrons. The van der Waals surface area contributed by atoms with Gasteiger partial charge >= 0.3 is 0 Å². The van der Waals surface area contributed by atoms with Crippen LogP contribution in [0.15, 0.2) is 41.3 Å². The predicted octanol–water partition coefficient (Wildman–Crippen LogP) is 2.08. The zero-order valence-electron chi connectivity index (χ0n) is 10.2. The van der Waals surface area contributed by atoms with Crippen LogP contribution in [-0.4, -0.2) is 20.1 Å². The van der Waals surface area contributed by atoms with Gasteiger partial charge in [0.05, 0.1) is 0 Å². The highest BCUT2D eigenvalue weighted by molar-refractivity contribution is 5.62. The molecule has 3 aromatic rings. The topological polar surface area (TPSA) is 90.7 Å². The number of aryl methyl sites for hydroxylation is 1. The number of nitrogen functional groups attached to an aromatic ring is 1. The fourth-order valence-electron chi connectivity index (χ4n) is 1.68. The Hall–Kier alpha value is -2.76. The van der Waals surface area contributed by atoms with Gasteiger partial charge < -0.3 is 10.3 Å². The van der Waals surface area contributed by atoms with Crippen molar-refractivity contribution < 1.29 is 4.52 Å². The van der Waals surface area contributed by atoms with Crippen LogP contribution in [-0.2, 0) is 0 Å². The summed E-state index contributed by atoms with van der Waals surface area (Å²) in [5, 5.41) is 3.91. The van der Waals surface area contributed by atoms with Crippen molar-refractivity contribution in [1.29, 1.82) is 0 Å². The van der Waals surface area contributed by atoms with E-state index in [4.69, 9.17) is 10.3 Å². The van der Waals surface area contributed by atoms with Gasteiger partial charge in [-0.1, -0.05) is 5.16 Å². The Labute approximate surface area is 109 Å². The Balaban J connectivity index is 1.99. The quantitative estimate of drug-likeness (QED) is 0.703. The molecule has 0 atom stereocenters. The molecular formula is C13H11N5O. The molecule has 0 saturated heterocycles. The summed E-state index contributed by atoms with van der Waals surface area (Å²) in [6.07, 6.45) is 3.07. The fourth-order valence-corrected chi connectivity index (χ4v) is 1.68. The molecule has 3 rings (SSSR count). The average molecular weight is 253 g/mol. The van der Waals surface area contributed by atoms with Crippen LogP contribution in [0.5, 0.6) is 0 Å². The Morgan fingerprint density at radius 2 is 2.11 bits per heavy atom. The molecule has 0 aliphatic carbocycles. The van der Waals surface area contributed by atoms with Gasteiger partial charge in [0.1, 0.15) is 12.0 Å². The fraction of sp³-hybridized carbons (Fsp3) is 0.0769. The number of aromatic nitrogens is 4. The minimum atomic E-state index is 0.437. The number of anilines is 1. The number of nitrogens with zero attached hydrogens (tertiary/aromatic N) is 4. The first-order chi connectivity index (χ1) is 9.24. The van der Waals surface area contributed by atoms with Gasteiger partial charge in [-0.15, -0.1) is 0 Å². The Bertz CT molecular complexity index is 708. The number of hydrogen-bond donors (Lipinski definition) is 1. The van der Waals surface area contributed by atoms with E-state index in [0.717, 1.165) is 16.8 Å². The molecule has 0 spiro atoms. The normalized spacial score (nSPS) is 10.6. The molecule has 6 nitrogen and oxygen atoms in total. The highest BCUT2D eigenvalue weighted by Gasteiger charge is 2.11. The van der Waals surface area contributed by atoms with Gasteiger partial charge in [0.25, 0.3) is 5.89 Å². The van der Waals surface area contributed by atoms with Crippen molar-refractivity contribution in [2.75, 3.05) is 5.73 Å². The second-order valence-electron chi connectivity index (χ2n) is 4.09. The molecule has 2 aromatic heterocycles. The number of hydrogen-bond acceptors (Lipinski definition) is 6. The summed E-state index contributed by atoms with van der Waals surface area (Å²) in [6, 6.07) is 7.30. The molecule has 0 amide bonds. The third-order valence-electron chi connectivity index (χ3n) is 2.75. The highest BCUT2D eigenvalue weighted by atomic mass is 16.5. The average Bonchev–Trinajstić information content (AvgIpc) is 2.93. The Morgan fingerprint density at radius 1 is 1.21 bits per heavy atom. The largest absolute Gasteiger partial charge is 0.399 e. The van der Waals surface area contributed by atoms with Gasteiger partial charge in [-0.3, -0.25) is 0 Å². The first-order valence-corrected chi connectivity index (χ1v) is 5.70. The van der Waals surface area contributed by atoms with Crippen LogP contribution in [0.25, 0.3) is 23.0 Å². The van der Waals surface area contributed by atoms with Crippen molar-refractivity contribution in [2.45, 2.75) is 6.92 Å². The monoisotopic (exact) mass is 253 g/mol. The molecule has 0 unspecified atom stereocenters. The van der Waals surface area contributed by atoms with E-state index in [9.17, 15) is 0 Å². The van der Waals surface area contributed by atoms with Gasteiger partial charge in [0, 0.05) is 17.4 Å². The summed E-state index contributed by atoms with van der Waals surface area (Å²) in [6.45, 7) is 1.93. The SMILES string of the molecule is Cc1cc(-c2nc(-c3ccncn3)no2)ccc1N. The molecule has 0 bridgehead atoms. The lowest BCUT2D eigenvalue weighted by atomic mass is 10.1. The van der Waals surface area contributed by atoms with E-state index >= 15 is 0 Å². The number of rotatable bonds is 2. The summed E-state index contributed by atoms with van der Waals surface area (Å²) >= 11 is 0. The minimum Gasteiger partial charge on any atom is -0.399 e. The first-order valence-electron chi connectivity index (χ1n) is 5.70. The molecule has 2 N–H and O–H groups in total. The summed E-state index contributed by atoms with van der Waals surface area (Å²) < 4.78 is 5.24. The Morgan fingerprint density at radius 3 is 2.84 bits per heavy atom. The molecule has 2 heterocycles. The van der Waals surface area contributed by atoms with Gasteiger partial charge in [-0.2, -0.15) is 4.98 Å². The summed E-state index contributed by atoms with van der Waals surface area (Å²) in [4.78, 5) is 12.2. The molecule has 0 aliphatic rings. The predicted molar refractivity (Wildman–Crippen MR) is 69.9 cm³/mol. The lowest BCUT2D eigenvalue weighted by Gasteiger charge is -2.00. The van der Waals surface area contributed by atoms with Crippen molar-refractivity contribution in [1.82, 2.24) is 20.1 Å². The van der Waals surface area contributed by atoms with Crippen molar-refractivity contribution in [3.63, 3.8) is 0 Å². The molecule has 0 radical (unpaired) electrons. The van der Waals surface area contributed by atoms with E-state index in [0.29, 0.717) is 17.4 Å². The van der Waals surface area contributed by atoms with E-state index in [1.807, 2.05) is 25.1 Å². The molecular weight excluding hydrogens is 242 g/mol. The van der Waals surface area contributed by atoms with Gasteiger partial charge in [0.2, 0.25) is 5.82 Å². The molecule has 0 fully saturated rings. The van der Waals surface area contributed by atoms with Gasteiger partial charge in [-0.05, 0) is 36.8 Å². The molecule has 0 saturated carbocycles. The summed E-state index contributed by atoms with van der Waals surface area (Å²) in [5.74, 6) is 0.878. The highest BCUT2D eigenvalue weighted by Crippen LogP contribution is 2.23. The van der Waals surface area contributed by atoms with Crippen LogP contribution in [0.4, 0.5) is 5.69 Å². The number of benzene rings is 1. The second-order valence-corrected chi connectivity index (χ2v) is 4.09. The van der Waals surface area contributed by atoms with E-state index in [1.54, 1.807) is 12.3 Å². The van der Waals surface area contributed by atoms with Crippen molar-refractivity contribution in [2.24, 2.45) is 0 Å². The van der Waals surface area contributed by atoms with E-state index < -0.39 is 0 Å². The van der Waals surface area contributed by atoms with Crippen LogP contribution in [0.2, 0.25) is 0 Å². The first kappa shape index (κ1) is 11.3. The zero-order chi connectivity index (χ0) is 13.2. The van der Waals surface area contributed by atoms with Crippen LogP contribution < -0.4 is 5.73 Å². The third-order valence-corrected chi connectivity index (χ3v) is 2.75. The van der Waals surface area contributed by atoms with Crippen molar-refractivity contribution in [3.8, 4) is 23.0 Å². The van der Waals surface area contributed by atoms with E-state index in [2.05, 4.69) is 20.1 Å². The third kappa shape index (κ3) is 2.15. The standard InChI is InChI=1S/C13H11N5O/c1-8-6-9(2-3-10(8)14)13-17-12(18-19-13)11-4-5-15-7-16-11/h2-7H,14H2,1H3. The smallest absolute Gasteiger partial charge is 0.258 e. The van der Waals surface area contributed by atoms with Crippen LogP contribution in [0, 0.1) is 6.92 Å². The summed E-state index contributed by atoms with van der Waals surface area (Å²) in [7, 11) is 0.